The number of hydrogen-bond acceptors (Lipinski definition) is 5. The Labute approximate surface area is 157 Å². The minimum atomic E-state index is -4.76. The van der Waals surface area contributed by atoms with Crippen molar-refractivity contribution in [2.45, 2.75) is 25.1 Å². The highest BCUT2D eigenvalue weighted by atomic mass is 35.5. The summed E-state index contributed by atoms with van der Waals surface area (Å²) in [6.07, 6.45) is 0.378. The second-order valence-electron chi connectivity index (χ2n) is 6.41. The SMILES string of the molecule is Cn1cc(N2CCCC(Nc3cc(Cl)c(C(F)(F)F)cc3[N+](=O)[O-])C2)cn1. The predicted molar refractivity (Wildman–Crippen MR) is 95.2 cm³/mol. The Kier molecular flexibility index (Phi) is 5.18. The summed E-state index contributed by atoms with van der Waals surface area (Å²) in [6, 6.07) is 1.28. The summed E-state index contributed by atoms with van der Waals surface area (Å²) in [7, 11) is 1.80. The number of nitro benzene ring substituents is 1. The fourth-order valence-corrected chi connectivity index (χ4v) is 3.44. The van der Waals surface area contributed by atoms with Crippen LogP contribution in [0.2, 0.25) is 5.02 Å². The van der Waals surface area contributed by atoms with E-state index in [9.17, 15) is 23.3 Å². The number of anilines is 2. The molecule has 0 saturated carbocycles. The third-order valence-corrected chi connectivity index (χ3v) is 4.74. The molecule has 0 radical (unpaired) electrons. The molecule has 1 aromatic carbocycles. The molecule has 1 unspecified atom stereocenters. The first-order valence-electron chi connectivity index (χ1n) is 8.20. The second-order valence-corrected chi connectivity index (χ2v) is 6.81. The molecule has 1 fully saturated rings. The van der Waals surface area contributed by atoms with Crippen molar-refractivity contribution in [1.29, 1.82) is 0 Å². The second kappa shape index (κ2) is 7.26. The van der Waals surface area contributed by atoms with Gasteiger partial charge in [0.25, 0.3) is 5.69 Å². The molecule has 0 amide bonds. The maximum absolute atomic E-state index is 13.0. The molecular formula is C16H17ClF3N5O2. The van der Waals surface area contributed by atoms with E-state index in [1.807, 2.05) is 6.20 Å². The fourth-order valence-electron chi connectivity index (χ4n) is 3.17. The zero-order valence-corrected chi connectivity index (χ0v) is 15.1. The van der Waals surface area contributed by atoms with E-state index in [4.69, 9.17) is 11.6 Å². The molecule has 146 valence electrons. The van der Waals surface area contributed by atoms with Crippen LogP contribution < -0.4 is 10.2 Å². The molecule has 2 heterocycles. The van der Waals surface area contributed by atoms with Gasteiger partial charge in [-0.1, -0.05) is 11.6 Å². The first-order valence-corrected chi connectivity index (χ1v) is 8.58. The van der Waals surface area contributed by atoms with Crippen molar-refractivity contribution in [3.05, 3.63) is 45.2 Å². The lowest BCUT2D eigenvalue weighted by molar-refractivity contribution is -0.384. The Hall–Kier alpha value is -2.49. The van der Waals surface area contributed by atoms with Crippen molar-refractivity contribution < 1.29 is 18.1 Å². The average molecular weight is 404 g/mol. The number of alkyl halides is 3. The maximum atomic E-state index is 13.0. The molecule has 1 aliphatic heterocycles. The highest BCUT2D eigenvalue weighted by molar-refractivity contribution is 6.31. The van der Waals surface area contributed by atoms with E-state index in [1.54, 1.807) is 17.9 Å². The number of aryl methyl sites for hydroxylation is 1. The smallest absolute Gasteiger partial charge is 0.375 e. The highest BCUT2D eigenvalue weighted by Gasteiger charge is 2.36. The number of piperidine rings is 1. The monoisotopic (exact) mass is 403 g/mol. The van der Waals surface area contributed by atoms with Crippen molar-refractivity contribution in [2.24, 2.45) is 7.05 Å². The molecule has 3 rings (SSSR count). The summed E-state index contributed by atoms with van der Waals surface area (Å²) in [6.45, 7) is 1.35. The Morgan fingerprint density at radius 2 is 2.15 bits per heavy atom. The molecule has 2 aromatic rings. The summed E-state index contributed by atoms with van der Waals surface area (Å²) >= 11 is 5.73. The molecule has 7 nitrogen and oxygen atoms in total. The van der Waals surface area contributed by atoms with Crippen LogP contribution in [0.5, 0.6) is 0 Å². The van der Waals surface area contributed by atoms with Gasteiger partial charge in [-0.3, -0.25) is 14.8 Å². The highest BCUT2D eigenvalue weighted by Crippen LogP contribution is 2.40. The van der Waals surface area contributed by atoms with Gasteiger partial charge in [0.1, 0.15) is 5.69 Å². The Morgan fingerprint density at radius 1 is 1.41 bits per heavy atom. The van der Waals surface area contributed by atoms with Crippen LogP contribution in [0.1, 0.15) is 18.4 Å². The zero-order valence-electron chi connectivity index (χ0n) is 14.3. The Bertz CT molecular complexity index is 855. The molecule has 0 bridgehead atoms. The number of aromatic nitrogens is 2. The van der Waals surface area contributed by atoms with Crippen molar-refractivity contribution >= 4 is 28.7 Å². The number of nitrogens with one attached hydrogen (secondary N) is 1. The number of nitrogens with zero attached hydrogens (tertiary/aromatic N) is 4. The van der Waals surface area contributed by atoms with Crippen molar-refractivity contribution in [1.82, 2.24) is 9.78 Å². The molecule has 11 heteroatoms. The van der Waals surface area contributed by atoms with Gasteiger partial charge in [-0.05, 0) is 18.9 Å². The number of nitro groups is 1. The molecule has 0 spiro atoms. The first kappa shape index (κ1) is 19.3. The minimum Gasteiger partial charge on any atom is -0.375 e. The summed E-state index contributed by atoms with van der Waals surface area (Å²) in [5.74, 6) is 0. The van der Waals surface area contributed by atoms with E-state index in [0.717, 1.165) is 31.1 Å². The normalized spacial score (nSPS) is 17.8. The summed E-state index contributed by atoms with van der Waals surface area (Å²) < 4.78 is 40.6. The van der Waals surface area contributed by atoms with E-state index in [0.29, 0.717) is 12.6 Å². The van der Waals surface area contributed by atoms with E-state index in [-0.39, 0.29) is 11.7 Å². The van der Waals surface area contributed by atoms with Crippen LogP contribution in [0, 0.1) is 10.1 Å². The molecule has 1 atom stereocenters. The Balaban J connectivity index is 1.84. The average Bonchev–Trinajstić information content (AvgIpc) is 3.00. The van der Waals surface area contributed by atoms with Gasteiger partial charge in [-0.25, -0.2) is 0 Å². The van der Waals surface area contributed by atoms with Gasteiger partial charge < -0.3 is 10.2 Å². The van der Waals surface area contributed by atoms with Gasteiger partial charge in [0.05, 0.1) is 27.4 Å². The maximum Gasteiger partial charge on any atom is 0.418 e. The van der Waals surface area contributed by atoms with E-state index in [1.165, 1.54) is 0 Å². The topological polar surface area (TPSA) is 76.2 Å². The standard InChI is InChI=1S/C16H17ClF3N5O2/c1-23-9-11(7-21-23)24-4-2-3-10(8-24)22-14-6-13(17)12(16(18,19)20)5-15(14)25(26)27/h5-7,9-10,22H,2-4,8H2,1H3. The number of benzene rings is 1. The largest absolute Gasteiger partial charge is 0.418 e. The lowest BCUT2D eigenvalue weighted by Gasteiger charge is -2.34. The van der Waals surface area contributed by atoms with Crippen molar-refractivity contribution in [2.75, 3.05) is 23.3 Å². The molecule has 0 aliphatic carbocycles. The summed E-state index contributed by atoms with van der Waals surface area (Å²) in [5, 5.41) is 17.8. The lowest BCUT2D eigenvalue weighted by atomic mass is 10.0. The van der Waals surface area contributed by atoms with Crippen LogP contribution in [0.4, 0.5) is 30.2 Å². The van der Waals surface area contributed by atoms with Crippen molar-refractivity contribution in [3.8, 4) is 0 Å². The molecule has 27 heavy (non-hydrogen) atoms. The quantitative estimate of drug-likeness (QED) is 0.615. The third-order valence-electron chi connectivity index (χ3n) is 4.42. The van der Waals surface area contributed by atoms with Crippen LogP contribution in [-0.4, -0.2) is 33.8 Å². The summed E-state index contributed by atoms with van der Waals surface area (Å²) in [5.41, 5.74) is -0.965. The van der Waals surface area contributed by atoms with Crippen molar-refractivity contribution in [3.63, 3.8) is 0 Å². The molecule has 1 saturated heterocycles. The van der Waals surface area contributed by atoms with E-state index < -0.39 is 27.4 Å². The molecular weight excluding hydrogens is 387 g/mol. The third kappa shape index (κ3) is 4.26. The van der Waals surface area contributed by atoms with Gasteiger partial charge in [-0.2, -0.15) is 18.3 Å². The predicted octanol–water partition coefficient (Wildman–Crippen LogP) is 4.08. The van der Waals surface area contributed by atoms with E-state index in [2.05, 4.69) is 15.3 Å². The number of hydrogen-bond donors (Lipinski definition) is 1. The van der Waals surface area contributed by atoms with Crippen LogP contribution in [0.3, 0.4) is 0 Å². The number of rotatable bonds is 4. The van der Waals surface area contributed by atoms with Gasteiger partial charge in [0, 0.05) is 38.4 Å². The van der Waals surface area contributed by atoms with Gasteiger partial charge in [0.15, 0.2) is 0 Å². The minimum absolute atomic E-state index is 0.0176. The summed E-state index contributed by atoms with van der Waals surface area (Å²) in [4.78, 5) is 12.5. The van der Waals surface area contributed by atoms with Crippen LogP contribution in [0.15, 0.2) is 24.5 Å². The molecule has 1 aromatic heterocycles. The lowest BCUT2D eigenvalue weighted by Crippen LogP contribution is -2.42. The Morgan fingerprint density at radius 3 is 2.74 bits per heavy atom. The van der Waals surface area contributed by atoms with Crippen LogP contribution in [0.25, 0.3) is 0 Å². The van der Waals surface area contributed by atoms with Crippen LogP contribution >= 0.6 is 11.6 Å². The van der Waals surface area contributed by atoms with Gasteiger partial charge in [-0.15, -0.1) is 0 Å². The molecule has 1 N–H and O–H groups in total. The van der Waals surface area contributed by atoms with Crippen LogP contribution in [-0.2, 0) is 13.2 Å². The zero-order chi connectivity index (χ0) is 19.8. The van der Waals surface area contributed by atoms with Gasteiger partial charge in [0.2, 0.25) is 0 Å². The fraction of sp³-hybridized carbons (Fsp3) is 0.438. The number of halogens is 4. The first-order chi connectivity index (χ1) is 12.6. The van der Waals surface area contributed by atoms with E-state index >= 15 is 0 Å². The van der Waals surface area contributed by atoms with Gasteiger partial charge >= 0.3 is 6.18 Å². The molecule has 1 aliphatic rings.